The van der Waals surface area contributed by atoms with Crippen LogP contribution in [0.25, 0.3) is 0 Å². The lowest BCUT2D eigenvalue weighted by molar-refractivity contribution is -0.119. The fourth-order valence-corrected chi connectivity index (χ4v) is 2.53. The van der Waals surface area contributed by atoms with Crippen molar-refractivity contribution in [2.24, 2.45) is 5.92 Å². The molecule has 0 fully saturated rings. The number of phenols is 1. The topological polar surface area (TPSA) is 104 Å². The zero-order chi connectivity index (χ0) is 18.0. The van der Waals surface area contributed by atoms with Crippen LogP contribution in [0.2, 0.25) is 0 Å². The Morgan fingerprint density at radius 3 is 2.58 bits per heavy atom. The molecular formula is C16H18BrN3O4. The number of aromatic nitrogens is 2. The van der Waals surface area contributed by atoms with E-state index in [4.69, 9.17) is 5.11 Å². The van der Waals surface area contributed by atoms with Gasteiger partial charge in [-0.05, 0) is 48.0 Å². The summed E-state index contributed by atoms with van der Waals surface area (Å²) in [6, 6.07) is 3.91. The van der Waals surface area contributed by atoms with Crippen LogP contribution in [0.3, 0.4) is 0 Å². The van der Waals surface area contributed by atoms with Crippen molar-refractivity contribution in [3.63, 3.8) is 0 Å². The number of aromatic hydroxyl groups is 1. The van der Waals surface area contributed by atoms with Gasteiger partial charge < -0.3 is 15.5 Å². The van der Waals surface area contributed by atoms with Gasteiger partial charge >= 0.3 is 5.97 Å². The fraction of sp³-hybridized carbons (Fsp3) is 0.312. The molecule has 0 aliphatic carbocycles. The SMILES string of the molecule is Cc1nn(C[C@H](C)C(=O)Nc2ccc(O)c(C(=O)O)c2)c(C)c1Br. The van der Waals surface area contributed by atoms with Crippen molar-refractivity contribution in [1.82, 2.24) is 9.78 Å². The molecule has 0 spiro atoms. The molecule has 0 aliphatic heterocycles. The summed E-state index contributed by atoms with van der Waals surface area (Å²) >= 11 is 3.45. The maximum atomic E-state index is 12.3. The molecule has 0 aliphatic rings. The molecule has 3 N–H and O–H groups in total. The summed E-state index contributed by atoms with van der Waals surface area (Å²) in [4.78, 5) is 23.3. The third-order valence-corrected chi connectivity index (χ3v) is 4.83. The van der Waals surface area contributed by atoms with Gasteiger partial charge in [0, 0.05) is 11.4 Å². The number of halogens is 1. The van der Waals surface area contributed by atoms with E-state index in [2.05, 4.69) is 26.3 Å². The number of carbonyl (C=O) groups excluding carboxylic acids is 1. The number of aryl methyl sites for hydroxylation is 1. The largest absolute Gasteiger partial charge is 0.507 e. The van der Waals surface area contributed by atoms with Crippen LogP contribution in [-0.2, 0) is 11.3 Å². The van der Waals surface area contributed by atoms with Crippen molar-refractivity contribution in [3.05, 3.63) is 39.6 Å². The molecule has 7 nitrogen and oxygen atoms in total. The molecule has 128 valence electrons. The summed E-state index contributed by atoms with van der Waals surface area (Å²) in [5, 5.41) is 25.5. The summed E-state index contributed by atoms with van der Waals surface area (Å²) in [5.41, 5.74) is 1.84. The van der Waals surface area contributed by atoms with E-state index in [1.807, 2.05) is 13.8 Å². The van der Waals surface area contributed by atoms with Gasteiger partial charge in [-0.25, -0.2) is 4.79 Å². The fourth-order valence-electron chi connectivity index (χ4n) is 2.25. The molecule has 8 heteroatoms. The average Bonchev–Trinajstić information content (AvgIpc) is 2.76. The second-order valence-corrected chi connectivity index (χ2v) is 6.39. The predicted octanol–water partition coefficient (Wildman–Crippen LogP) is 2.94. The predicted molar refractivity (Wildman–Crippen MR) is 92.3 cm³/mol. The Bertz CT molecular complexity index is 801. The number of carboxylic acid groups (broad SMARTS) is 1. The molecule has 0 radical (unpaired) electrons. The standard InChI is InChI=1S/C16H18BrN3O4/c1-8(7-20-10(3)14(17)9(2)19-20)15(22)18-11-4-5-13(21)12(6-11)16(23)24/h4-6,8,21H,7H2,1-3H3,(H,18,22)(H,23,24)/t8-/m0/s1. The number of carboxylic acids is 1. The van der Waals surface area contributed by atoms with Crippen LogP contribution in [0.4, 0.5) is 5.69 Å². The highest BCUT2D eigenvalue weighted by molar-refractivity contribution is 9.10. The highest BCUT2D eigenvalue weighted by Crippen LogP contribution is 2.23. The second kappa shape index (κ2) is 7.04. The van der Waals surface area contributed by atoms with E-state index in [0.29, 0.717) is 12.2 Å². The number of hydrogen-bond acceptors (Lipinski definition) is 4. The molecule has 0 bridgehead atoms. The molecule has 0 saturated carbocycles. The zero-order valence-corrected chi connectivity index (χ0v) is 15.1. The van der Waals surface area contributed by atoms with E-state index in [-0.39, 0.29) is 23.1 Å². The first kappa shape index (κ1) is 18.0. The smallest absolute Gasteiger partial charge is 0.339 e. The van der Waals surface area contributed by atoms with E-state index in [1.54, 1.807) is 11.6 Å². The van der Waals surface area contributed by atoms with Crippen LogP contribution in [0.5, 0.6) is 5.75 Å². The van der Waals surface area contributed by atoms with Crippen molar-refractivity contribution in [1.29, 1.82) is 0 Å². The minimum atomic E-state index is -1.26. The summed E-state index contributed by atoms with van der Waals surface area (Å²) in [6.07, 6.45) is 0. The lowest BCUT2D eigenvalue weighted by Crippen LogP contribution is -2.25. The van der Waals surface area contributed by atoms with E-state index < -0.39 is 5.97 Å². The van der Waals surface area contributed by atoms with E-state index in [0.717, 1.165) is 15.9 Å². The maximum Gasteiger partial charge on any atom is 0.339 e. The normalized spacial score (nSPS) is 12.0. The average molecular weight is 396 g/mol. The van der Waals surface area contributed by atoms with Gasteiger partial charge in [0.2, 0.25) is 5.91 Å². The van der Waals surface area contributed by atoms with Crippen LogP contribution >= 0.6 is 15.9 Å². The summed E-state index contributed by atoms with van der Waals surface area (Å²) in [6.45, 7) is 5.95. The number of nitrogens with zero attached hydrogens (tertiary/aromatic N) is 2. The molecule has 1 amide bonds. The first-order valence-electron chi connectivity index (χ1n) is 7.27. The van der Waals surface area contributed by atoms with Crippen molar-refractivity contribution in [2.75, 3.05) is 5.32 Å². The minimum absolute atomic E-state index is 0.261. The first-order chi connectivity index (χ1) is 11.2. The third-order valence-electron chi connectivity index (χ3n) is 3.68. The molecule has 0 unspecified atom stereocenters. The Labute approximate surface area is 147 Å². The van der Waals surface area contributed by atoms with Crippen LogP contribution in [-0.4, -0.2) is 31.9 Å². The van der Waals surface area contributed by atoms with E-state index in [9.17, 15) is 14.7 Å². The number of benzene rings is 1. The number of aromatic carboxylic acids is 1. The molecule has 24 heavy (non-hydrogen) atoms. The maximum absolute atomic E-state index is 12.3. The van der Waals surface area contributed by atoms with E-state index >= 15 is 0 Å². The van der Waals surface area contributed by atoms with Gasteiger partial charge in [0.05, 0.1) is 22.6 Å². The Morgan fingerprint density at radius 1 is 1.38 bits per heavy atom. The van der Waals surface area contributed by atoms with Gasteiger partial charge in [0.25, 0.3) is 0 Å². The number of anilines is 1. The number of amides is 1. The number of rotatable bonds is 5. The lowest BCUT2D eigenvalue weighted by Gasteiger charge is -2.14. The van der Waals surface area contributed by atoms with Crippen molar-refractivity contribution in [2.45, 2.75) is 27.3 Å². The van der Waals surface area contributed by atoms with E-state index in [1.165, 1.54) is 18.2 Å². The van der Waals surface area contributed by atoms with Gasteiger partial charge in [0.1, 0.15) is 11.3 Å². The molecule has 1 heterocycles. The Hall–Kier alpha value is -2.35. The zero-order valence-electron chi connectivity index (χ0n) is 13.5. The summed E-state index contributed by atoms with van der Waals surface area (Å²) in [7, 11) is 0. The molecule has 2 rings (SSSR count). The number of hydrogen-bond donors (Lipinski definition) is 3. The van der Waals surface area contributed by atoms with Crippen LogP contribution < -0.4 is 5.32 Å². The molecule has 1 atom stereocenters. The minimum Gasteiger partial charge on any atom is -0.507 e. The Kier molecular flexibility index (Phi) is 5.28. The van der Waals surface area contributed by atoms with Crippen LogP contribution in [0, 0.1) is 19.8 Å². The monoisotopic (exact) mass is 395 g/mol. The highest BCUT2D eigenvalue weighted by Gasteiger charge is 2.18. The van der Waals surface area contributed by atoms with Crippen LogP contribution in [0.1, 0.15) is 28.7 Å². The van der Waals surface area contributed by atoms with Gasteiger partial charge in [0.15, 0.2) is 0 Å². The molecule has 0 saturated heterocycles. The van der Waals surface area contributed by atoms with Crippen molar-refractivity contribution in [3.8, 4) is 5.75 Å². The quantitative estimate of drug-likeness (QED) is 0.675. The van der Waals surface area contributed by atoms with Crippen molar-refractivity contribution >= 4 is 33.5 Å². The molecule has 1 aromatic heterocycles. The highest BCUT2D eigenvalue weighted by atomic mass is 79.9. The lowest BCUT2D eigenvalue weighted by atomic mass is 10.1. The molecular weight excluding hydrogens is 378 g/mol. The Balaban J connectivity index is 2.10. The van der Waals surface area contributed by atoms with Crippen molar-refractivity contribution < 1.29 is 19.8 Å². The summed E-state index contributed by atoms with van der Waals surface area (Å²) in [5.74, 6) is -2.25. The molecule has 1 aromatic carbocycles. The number of nitrogens with one attached hydrogen (secondary N) is 1. The van der Waals surface area contributed by atoms with Gasteiger partial charge in [-0.3, -0.25) is 9.48 Å². The summed E-state index contributed by atoms with van der Waals surface area (Å²) < 4.78 is 2.67. The first-order valence-corrected chi connectivity index (χ1v) is 8.06. The van der Waals surface area contributed by atoms with Gasteiger partial charge in [-0.15, -0.1) is 0 Å². The van der Waals surface area contributed by atoms with Gasteiger partial charge in [-0.2, -0.15) is 5.10 Å². The number of carbonyl (C=O) groups is 2. The molecule has 2 aromatic rings. The van der Waals surface area contributed by atoms with Gasteiger partial charge in [-0.1, -0.05) is 6.92 Å². The second-order valence-electron chi connectivity index (χ2n) is 5.59. The van der Waals surface area contributed by atoms with Crippen LogP contribution in [0.15, 0.2) is 22.7 Å². The Morgan fingerprint density at radius 2 is 2.04 bits per heavy atom. The third kappa shape index (κ3) is 3.76.